The summed E-state index contributed by atoms with van der Waals surface area (Å²) >= 11 is 0. The van der Waals surface area contributed by atoms with Crippen LogP contribution in [0.2, 0.25) is 0 Å². The first-order valence-electron chi connectivity index (χ1n) is 11.3. The van der Waals surface area contributed by atoms with Crippen LogP contribution in [-0.2, 0) is 20.9 Å². The van der Waals surface area contributed by atoms with Crippen molar-refractivity contribution in [3.8, 4) is 11.4 Å². The van der Waals surface area contributed by atoms with E-state index in [-0.39, 0.29) is 17.7 Å². The molecule has 4 rings (SSSR count). The number of rotatable bonds is 1. The Morgan fingerprint density at radius 2 is 1.84 bits per heavy atom. The molecular formula is C23H30N6O3. The summed E-state index contributed by atoms with van der Waals surface area (Å²) < 4.78 is 1.78. The van der Waals surface area contributed by atoms with Gasteiger partial charge >= 0.3 is 0 Å². The van der Waals surface area contributed by atoms with Crippen LogP contribution in [-0.4, -0.2) is 68.0 Å². The van der Waals surface area contributed by atoms with Crippen LogP contribution in [0.4, 0.5) is 0 Å². The van der Waals surface area contributed by atoms with Gasteiger partial charge in [0, 0.05) is 38.5 Å². The van der Waals surface area contributed by atoms with Crippen molar-refractivity contribution >= 4 is 17.7 Å². The highest BCUT2D eigenvalue weighted by atomic mass is 16.2. The third kappa shape index (κ3) is 4.66. The second-order valence-corrected chi connectivity index (χ2v) is 8.47. The molecule has 0 spiro atoms. The minimum Gasteiger partial charge on any atom is -0.345 e. The molecule has 9 nitrogen and oxygen atoms in total. The van der Waals surface area contributed by atoms with Gasteiger partial charge in [-0.1, -0.05) is 30.3 Å². The van der Waals surface area contributed by atoms with E-state index in [2.05, 4.69) is 5.32 Å². The topological polar surface area (TPSA) is 100 Å². The fourth-order valence-corrected chi connectivity index (χ4v) is 4.47. The Hall–Kier alpha value is -3.23. The van der Waals surface area contributed by atoms with Crippen molar-refractivity contribution in [3.05, 3.63) is 36.2 Å². The average molecular weight is 439 g/mol. The summed E-state index contributed by atoms with van der Waals surface area (Å²) in [7, 11) is 0. The van der Waals surface area contributed by atoms with Crippen molar-refractivity contribution in [2.24, 2.45) is 0 Å². The van der Waals surface area contributed by atoms with Gasteiger partial charge in [-0.15, -0.1) is 0 Å². The summed E-state index contributed by atoms with van der Waals surface area (Å²) in [6.45, 7) is 5.43. The van der Waals surface area contributed by atoms with Gasteiger partial charge in [0.2, 0.25) is 17.7 Å². The fourth-order valence-electron chi connectivity index (χ4n) is 4.47. The highest BCUT2D eigenvalue weighted by Gasteiger charge is 2.35. The van der Waals surface area contributed by atoms with E-state index in [1.54, 1.807) is 21.4 Å². The zero-order chi connectivity index (χ0) is 22.7. The van der Waals surface area contributed by atoms with Crippen LogP contribution >= 0.6 is 0 Å². The molecule has 2 atom stereocenters. The number of aromatic nitrogens is 3. The number of hydrogen-bond acceptors (Lipinski definition) is 5. The van der Waals surface area contributed by atoms with Crippen molar-refractivity contribution in [1.29, 1.82) is 0 Å². The van der Waals surface area contributed by atoms with Gasteiger partial charge in [0.25, 0.3) is 0 Å². The van der Waals surface area contributed by atoms with Crippen LogP contribution < -0.4 is 5.32 Å². The zero-order valence-corrected chi connectivity index (χ0v) is 18.7. The van der Waals surface area contributed by atoms with Crippen LogP contribution in [0.3, 0.4) is 0 Å². The lowest BCUT2D eigenvalue weighted by molar-refractivity contribution is -0.139. The molecule has 1 N–H and O–H groups in total. The number of nitrogens with zero attached hydrogens (tertiary/aromatic N) is 5. The van der Waals surface area contributed by atoms with E-state index < -0.39 is 12.1 Å². The second-order valence-electron chi connectivity index (χ2n) is 8.47. The smallest absolute Gasteiger partial charge is 0.243 e. The standard InChI is InChI=1S/C23H30N6O3/c1-16-22-25-21(18-8-4-3-5-9-18)26-29(22)15-14-27(17(2)30)12-7-11-20(31)28-13-6-10-19(28)23(32)24-16/h3-5,8-9,16,19H,6-7,10-15H2,1-2H3,(H,24,32)/t16-,19-/m0/s1. The van der Waals surface area contributed by atoms with E-state index in [0.717, 1.165) is 12.0 Å². The van der Waals surface area contributed by atoms with Gasteiger partial charge < -0.3 is 15.1 Å². The molecule has 1 fully saturated rings. The predicted octanol–water partition coefficient (Wildman–Crippen LogP) is 1.76. The monoisotopic (exact) mass is 438 g/mol. The van der Waals surface area contributed by atoms with Gasteiger partial charge in [0.05, 0.1) is 12.6 Å². The molecule has 3 heterocycles. The minimum atomic E-state index is -0.457. The third-order valence-electron chi connectivity index (χ3n) is 6.20. The molecule has 0 aliphatic carbocycles. The lowest BCUT2D eigenvalue weighted by Gasteiger charge is -2.27. The molecule has 1 saturated heterocycles. The Balaban J connectivity index is 1.67. The molecule has 0 bridgehead atoms. The maximum atomic E-state index is 13.0. The third-order valence-corrected chi connectivity index (χ3v) is 6.20. The minimum absolute atomic E-state index is 0.0228. The van der Waals surface area contributed by atoms with Crippen molar-refractivity contribution < 1.29 is 14.4 Å². The van der Waals surface area contributed by atoms with E-state index in [9.17, 15) is 14.4 Å². The first-order chi connectivity index (χ1) is 15.4. The van der Waals surface area contributed by atoms with E-state index in [1.165, 1.54) is 0 Å². The summed E-state index contributed by atoms with van der Waals surface area (Å²) in [6.07, 6.45) is 2.37. The number of carbonyl (C=O) groups is 3. The Labute approximate surface area is 187 Å². The molecule has 3 amide bonds. The Morgan fingerprint density at radius 3 is 2.59 bits per heavy atom. The van der Waals surface area contributed by atoms with Crippen molar-refractivity contribution in [2.45, 2.75) is 58.2 Å². The number of benzene rings is 1. The molecule has 2 aliphatic heterocycles. The van der Waals surface area contributed by atoms with Crippen LogP contribution in [0.15, 0.2) is 30.3 Å². The predicted molar refractivity (Wildman–Crippen MR) is 118 cm³/mol. The number of amides is 3. The van der Waals surface area contributed by atoms with Gasteiger partial charge in [0.1, 0.15) is 11.9 Å². The zero-order valence-electron chi connectivity index (χ0n) is 18.7. The van der Waals surface area contributed by atoms with Gasteiger partial charge in [-0.2, -0.15) is 5.10 Å². The van der Waals surface area contributed by atoms with E-state index >= 15 is 0 Å². The number of nitrogens with one attached hydrogen (secondary N) is 1. The van der Waals surface area contributed by atoms with Gasteiger partial charge in [-0.25, -0.2) is 9.67 Å². The van der Waals surface area contributed by atoms with Crippen LogP contribution in [0.5, 0.6) is 0 Å². The Kier molecular flexibility index (Phi) is 6.53. The summed E-state index contributed by atoms with van der Waals surface area (Å²) in [5.74, 6) is 1.01. The van der Waals surface area contributed by atoms with Crippen molar-refractivity contribution in [1.82, 2.24) is 29.9 Å². The van der Waals surface area contributed by atoms with Gasteiger partial charge in [-0.05, 0) is 26.2 Å². The van der Waals surface area contributed by atoms with E-state index in [0.29, 0.717) is 57.1 Å². The maximum absolute atomic E-state index is 13.0. The molecule has 2 aliphatic rings. The molecule has 2 aromatic rings. The Morgan fingerprint density at radius 1 is 1.06 bits per heavy atom. The maximum Gasteiger partial charge on any atom is 0.243 e. The molecule has 1 aromatic carbocycles. The van der Waals surface area contributed by atoms with Crippen molar-refractivity contribution in [2.75, 3.05) is 19.6 Å². The molecule has 170 valence electrons. The van der Waals surface area contributed by atoms with Crippen LogP contribution in [0.25, 0.3) is 11.4 Å². The van der Waals surface area contributed by atoms with E-state index in [4.69, 9.17) is 10.1 Å². The summed E-state index contributed by atoms with van der Waals surface area (Å²) in [5.41, 5.74) is 0.889. The highest BCUT2D eigenvalue weighted by Crippen LogP contribution is 2.23. The SMILES string of the molecule is CC(=O)N1CCCC(=O)N2CCC[C@H]2C(=O)N[C@@H](C)c2nc(-c3ccccc3)nn2CC1. The number of hydrogen-bond donors (Lipinski definition) is 1. The highest BCUT2D eigenvalue weighted by molar-refractivity contribution is 5.88. The molecule has 9 heteroatoms. The summed E-state index contributed by atoms with van der Waals surface area (Å²) in [4.78, 5) is 46.1. The lowest BCUT2D eigenvalue weighted by atomic mass is 10.1. The van der Waals surface area contributed by atoms with E-state index in [1.807, 2.05) is 37.3 Å². The van der Waals surface area contributed by atoms with Crippen molar-refractivity contribution in [3.63, 3.8) is 0 Å². The molecule has 0 unspecified atom stereocenters. The molecule has 0 radical (unpaired) electrons. The number of fused-ring (bicyclic) bond motifs is 2. The van der Waals surface area contributed by atoms with Crippen LogP contribution in [0.1, 0.15) is 51.4 Å². The quantitative estimate of drug-likeness (QED) is 0.731. The van der Waals surface area contributed by atoms with Crippen LogP contribution in [0, 0.1) is 0 Å². The summed E-state index contributed by atoms with van der Waals surface area (Å²) in [6, 6.07) is 8.84. The molecule has 0 saturated carbocycles. The fraction of sp³-hybridized carbons (Fsp3) is 0.522. The number of carbonyl (C=O) groups excluding carboxylic acids is 3. The largest absolute Gasteiger partial charge is 0.345 e. The molecular weight excluding hydrogens is 408 g/mol. The normalized spacial score (nSPS) is 22.7. The molecule has 1 aromatic heterocycles. The Bertz CT molecular complexity index is 989. The summed E-state index contributed by atoms with van der Waals surface area (Å²) in [5, 5.41) is 7.73. The average Bonchev–Trinajstić information content (AvgIpc) is 3.43. The second kappa shape index (κ2) is 9.50. The lowest BCUT2D eigenvalue weighted by Crippen LogP contribution is -2.47. The first kappa shape index (κ1) is 22.0. The first-order valence-corrected chi connectivity index (χ1v) is 11.3. The van der Waals surface area contributed by atoms with Gasteiger partial charge in [-0.3, -0.25) is 14.4 Å². The van der Waals surface area contributed by atoms with Gasteiger partial charge in [0.15, 0.2) is 5.82 Å². The molecule has 32 heavy (non-hydrogen) atoms.